The van der Waals surface area contributed by atoms with Crippen molar-refractivity contribution >= 4 is 18.0 Å². The molecule has 0 bridgehead atoms. The van der Waals surface area contributed by atoms with Crippen molar-refractivity contribution < 1.29 is 14.0 Å². The molecule has 2 aromatic carbocycles. The van der Waals surface area contributed by atoms with E-state index in [1.807, 2.05) is 18.2 Å². The summed E-state index contributed by atoms with van der Waals surface area (Å²) in [4.78, 5) is 27.9. The third-order valence-electron chi connectivity index (χ3n) is 5.44. The Bertz CT molecular complexity index is 904. The lowest BCUT2D eigenvalue weighted by molar-refractivity contribution is -0.129. The maximum atomic E-state index is 13.2. The Morgan fingerprint density at radius 1 is 1.16 bits per heavy atom. The zero-order valence-corrected chi connectivity index (χ0v) is 17.4. The average molecular weight is 426 g/mol. The third-order valence-corrected chi connectivity index (χ3v) is 5.44. The summed E-state index contributed by atoms with van der Waals surface area (Å²) in [5.41, 5.74) is 7.70. The topological polar surface area (TPSA) is 95.9 Å². The van der Waals surface area contributed by atoms with Crippen molar-refractivity contribution in [1.82, 2.24) is 9.80 Å². The molecule has 164 valence electrons. The zero-order chi connectivity index (χ0) is 22.2. The van der Waals surface area contributed by atoms with Crippen molar-refractivity contribution in [2.24, 2.45) is 11.6 Å². The van der Waals surface area contributed by atoms with Gasteiger partial charge in [-0.05, 0) is 49.1 Å². The molecule has 2 amide bonds. The van der Waals surface area contributed by atoms with Gasteiger partial charge in [-0.3, -0.25) is 14.6 Å². The van der Waals surface area contributed by atoms with E-state index in [4.69, 9.17) is 11.6 Å². The van der Waals surface area contributed by atoms with E-state index in [-0.39, 0.29) is 23.5 Å². The fourth-order valence-electron chi connectivity index (χ4n) is 3.70. The Morgan fingerprint density at radius 2 is 1.87 bits per heavy atom. The monoisotopic (exact) mass is 425 g/mol. The number of benzene rings is 2. The molecule has 7 nitrogen and oxygen atoms in total. The Labute approximate surface area is 181 Å². The minimum atomic E-state index is -0.355. The summed E-state index contributed by atoms with van der Waals surface area (Å²) >= 11 is 0. The highest BCUT2D eigenvalue weighted by Crippen LogP contribution is 2.18. The summed E-state index contributed by atoms with van der Waals surface area (Å²) in [6.45, 7) is 1.45. The smallest absolute Gasteiger partial charge is 0.271 e. The van der Waals surface area contributed by atoms with Gasteiger partial charge in [-0.25, -0.2) is 10.2 Å². The van der Waals surface area contributed by atoms with Crippen LogP contribution in [0.2, 0.25) is 0 Å². The lowest BCUT2D eigenvalue weighted by atomic mass is 10.1. The minimum absolute atomic E-state index is 0.00103. The molecule has 1 fully saturated rings. The van der Waals surface area contributed by atoms with Gasteiger partial charge >= 0.3 is 0 Å². The average Bonchev–Trinajstić information content (AvgIpc) is 3.25. The standard InChI is InChI=1S/C23H28FN5O2/c24-19-10-8-18(9-11-19)12-14-27(15-21-7-4-13-28(21)17-30)23(31)22(25)16-29(26)20-5-2-1-3-6-20/h1-3,5-6,8-11,16-17,21H,4,7,12-15,25-26H2/b22-16-. The van der Waals surface area contributed by atoms with Crippen LogP contribution in [0.25, 0.3) is 0 Å². The van der Waals surface area contributed by atoms with Gasteiger partial charge in [0, 0.05) is 31.9 Å². The highest BCUT2D eigenvalue weighted by atomic mass is 19.1. The molecule has 1 unspecified atom stereocenters. The van der Waals surface area contributed by atoms with E-state index >= 15 is 0 Å². The fraction of sp³-hybridized carbons (Fsp3) is 0.304. The zero-order valence-electron chi connectivity index (χ0n) is 17.4. The van der Waals surface area contributed by atoms with Crippen LogP contribution in [0.3, 0.4) is 0 Å². The third kappa shape index (κ3) is 6.05. The van der Waals surface area contributed by atoms with Crippen LogP contribution < -0.4 is 16.6 Å². The van der Waals surface area contributed by atoms with Gasteiger partial charge in [-0.1, -0.05) is 30.3 Å². The van der Waals surface area contributed by atoms with Gasteiger partial charge < -0.3 is 15.5 Å². The molecular formula is C23H28FN5O2. The normalized spacial score (nSPS) is 16.3. The molecule has 0 radical (unpaired) electrons. The number of amides is 2. The SMILES string of the molecule is N/C(=C\N(N)c1ccccc1)C(=O)N(CCc1ccc(F)cc1)CC1CCCN1C=O. The van der Waals surface area contributed by atoms with Gasteiger partial charge in [0.05, 0.1) is 5.69 Å². The predicted molar refractivity (Wildman–Crippen MR) is 118 cm³/mol. The molecule has 1 heterocycles. The van der Waals surface area contributed by atoms with E-state index in [0.29, 0.717) is 31.7 Å². The fourth-order valence-corrected chi connectivity index (χ4v) is 3.70. The van der Waals surface area contributed by atoms with E-state index in [0.717, 1.165) is 24.8 Å². The first-order valence-corrected chi connectivity index (χ1v) is 10.3. The molecule has 1 atom stereocenters. The molecule has 0 saturated carbocycles. The second-order valence-electron chi connectivity index (χ2n) is 7.59. The molecule has 0 aromatic heterocycles. The number of hydrazine groups is 1. The number of hydrogen-bond acceptors (Lipinski definition) is 5. The van der Waals surface area contributed by atoms with Gasteiger partial charge in [-0.2, -0.15) is 0 Å². The van der Waals surface area contributed by atoms with Gasteiger partial charge in [0.1, 0.15) is 11.5 Å². The molecule has 0 aliphatic carbocycles. The van der Waals surface area contributed by atoms with Crippen molar-refractivity contribution in [3.63, 3.8) is 0 Å². The van der Waals surface area contributed by atoms with Crippen LogP contribution in [0.5, 0.6) is 0 Å². The van der Waals surface area contributed by atoms with Gasteiger partial charge in [0.15, 0.2) is 0 Å². The van der Waals surface area contributed by atoms with Crippen molar-refractivity contribution in [2.45, 2.75) is 25.3 Å². The molecule has 31 heavy (non-hydrogen) atoms. The number of nitrogens with zero attached hydrogens (tertiary/aromatic N) is 3. The van der Waals surface area contributed by atoms with Crippen molar-refractivity contribution in [3.05, 3.63) is 77.9 Å². The molecule has 8 heteroatoms. The van der Waals surface area contributed by atoms with Crippen LogP contribution >= 0.6 is 0 Å². The van der Waals surface area contributed by atoms with Crippen LogP contribution in [0.15, 0.2) is 66.5 Å². The molecule has 2 aromatic rings. The molecular weight excluding hydrogens is 397 g/mol. The van der Waals surface area contributed by atoms with Crippen LogP contribution in [-0.2, 0) is 16.0 Å². The summed E-state index contributed by atoms with van der Waals surface area (Å²) in [7, 11) is 0. The molecule has 4 N–H and O–H groups in total. The molecule has 1 saturated heterocycles. The Kier molecular flexibility index (Phi) is 7.61. The largest absolute Gasteiger partial charge is 0.393 e. The maximum absolute atomic E-state index is 13.2. The number of carbonyl (C=O) groups excluding carboxylic acids is 2. The van der Waals surface area contributed by atoms with E-state index in [2.05, 4.69) is 0 Å². The summed E-state index contributed by atoms with van der Waals surface area (Å²) in [6.07, 6.45) is 4.50. The van der Waals surface area contributed by atoms with Crippen LogP contribution in [0.1, 0.15) is 18.4 Å². The van der Waals surface area contributed by atoms with Gasteiger partial charge in [0.25, 0.3) is 5.91 Å². The highest BCUT2D eigenvalue weighted by molar-refractivity contribution is 5.93. The van der Waals surface area contributed by atoms with Crippen molar-refractivity contribution in [2.75, 3.05) is 24.6 Å². The number of halogens is 1. The van der Waals surface area contributed by atoms with Gasteiger partial charge in [-0.15, -0.1) is 0 Å². The second kappa shape index (κ2) is 10.6. The Morgan fingerprint density at radius 3 is 2.55 bits per heavy atom. The Hall–Kier alpha value is -3.39. The molecule has 1 aliphatic heterocycles. The quantitative estimate of drug-likeness (QED) is 0.277. The van der Waals surface area contributed by atoms with Crippen molar-refractivity contribution in [3.8, 4) is 0 Å². The number of carbonyl (C=O) groups is 2. The first-order chi connectivity index (χ1) is 15.0. The summed E-state index contributed by atoms with van der Waals surface area (Å²) in [5, 5.41) is 1.30. The van der Waals surface area contributed by atoms with Crippen molar-refractivity contribution in [1.29, 1.82) is 0 Å². The number of anilines is 1. The number of hydrogen-bond donors (Lipinski definition) is 2. The summed E-state index contributed by atoms with van der Waals surface area (Å²) in [5.74, 6) is 5.38. The Balaban J connectivity index is 1.74. The first kappa shape index (κ1) is 22.3. The number of nitrogens with two attached hydrogens (primary N) is 2. The molecule has 0 spiro atoms. The second-order valence-corrected chi connectivity index (χ2v) is 7.59. The number of para-hydroxylation sites is 1. The number of rotatable bonds is 9. The molecule has 1 aliphatic rings. The highest BCUT2D eigenvalue weighted by Gasteiger charge is 2.28. The predicted octanol–water partition coefficient (Wildman–Crippen LogP) is 2.00. The maximum Gasteiger partial charge on any atom is 0.271 e. The van der Waals surface area contributed by atoms with E-state index < -0.39 is 0 Å². The van der Waals surface area contributed by atoms with E-state index in [9.17, 15) is 14.0 Å². The van der Waals surface area contributed by atoms with Gasteiger partial charge in [0.2, 0.25) is 6.41 Å². The number of likely N-dealkylation sites (tertiary alicyclic amines) is 1. The molecule has 3 rings (SSSR count). The summed E-state index contributed by atoms with van der Waals surface area (Å²) < 4.78 is 13.2. The van der Waals surface area contributed by atoms with Crippen LogP contribution in [-0.4, -0.2) is 47.8 Å². The first-order valence-electron chi connectivity index (χ1n) is 10.3. The summed E-state index contributed by atoms with van der Waals surface area (Å²) in [6, 6.07) is 15.3. The lowest BCUT2D eigenvalue weighted by Gasteiger charge is -2.29. The van der Waals surface area contributed by atoms with Crippen LogP contribution in [0, 0.1) is 5.82 Å². The lowest BCUT2D eigenvalue weighted by Crippen LogP contribution is -2.45. The van der Waals surface area contributed by atoms with E-state index in [1.54, 1.807) is 34.1 Å². The van der Waals surface area contributed by atoms with E-state index in [1.165, 1.54) is 23.3 Å². The minimum Gasteiger partial charge on any atom is -0.393 e. The van der Waals surface area contributed by atoms with Crippen LogP contribution in [0.4, 0.5) is 10.1 Å².